The smallest absolute Gasteiger partial charge is 0.00668 e. The summed E-state index contributed by atoms with van der Waals surface area (Å²) in [7, 11) is 2.09. The van der Waals surface area contributed by atoms with Crippen LogP contribution in [0.5, 0.6) is 0 Å². The molecule has 2 atom stereocenters. The summed E-state index contributed by atoms with van der Waals surface area (Å²) in [6, 6.07) is 0.766. The number of hydrogen-bond donors (Lipinski definition) is 1. The minimum atomic E-state index is 0.574. The third-order valence-electron chi connectivity index (χ3n) is 3.17. The zero-order chi connectivity index (χ0) is 11.2. The van der Waals surface area contributed by atoms with Gasteiger partial charge in [0.15, 0.2) is 0 Å². The van der Waals surface area contributed by atoms with Crippen molar-refractivity contribution in [2.24, 2.45) is 11.3 Å². The van der Waals surface area contributed by atoms with E-state index >= 15 is 0 Å². The number of rotatable bonds is 1. The van der Waals surface area contributed by atoms with Crippen molar-refractivity contribution in [2.45, 2.75) is 66.3 Å². The van der Waals surface area contributed by atoms with Gasteiger partial charge in [-0.2, -0.15) is 0 Å². The fourth-order valence-electron chi connectivity index (χ4n) is 2.56. The van der Waals surface area contributed by atoms with Crippen LogP contribution < -0.4 is 5.32 Å². The molecule has 0 aromatic heterocycles. The van der Waals surface area contributed by atoms with Gasteiger partial charge in [-0.05, 0) is 44.1 Å². The van der Waals surface area contributed by atoms with Crippen LogP contribution in [-0.2, 0) is 0 Å². The molecule has 0 amide bonds. The van der Waals surface area contributed by atoms with Crippen molar-refractivity contribution in [3.05, 3.63) is 0 Å². The first-order valence-electron chi connectivity index (χ1n) is 6.21. The quantitative estimate of drug-likeness (QED) is 0.633. The Morgan fingerprint density at radius 2 is 1.79 bits per heavy atom. The lowest BCUT2D eigenvalue weighted by atomic mass is 9.82. The molecule has 0 heterocycles. The molecule has 0 aromatic carbocycles. The number of nitrogens with one attached hydrogen (secondary N) is 1. The summed E-state index contributed by atoms with van der Waals surface area (Å²) in [4.78, 5) is 0. The minimum Gasteiger partial charge on any atom is -0.317 e. The van der Waals surface area contributed by atoms with Gasteiger partial charge >= 0.3 is 0 Å². The van der Waals surface area contributed by atoms with Gasteiger partial charge in [-0.25, -0.2) is 0 Å². The molecule has 0 bridgehead atoms. The summed E-state index contributed by atoms with van der Waals surface area (Å²) in [5, 5.41) is 3.41. The molecular formula is C13H29N. The fraction of sp³-hybridized carbons (Fsp3) is 1.00. The molecule has 1 N–H and O–H groups in total. The van der Waals surface area contributed by atoms with Crippen molar-refractivity contribution in [3.63, 3.8) is 0 Å². The summed E-state index contributed by atoms with van der Waals surface area (Å²) in [5.41, 5.74) is 0.574. The van der Waals surface area contributed by atoms with Crippen molar-refractivity contribution < 1.29 is 0 Å². The van der Waals surface area contributed by atoms with E-state index in [4.69, 9.17) is 0 Å². The molecule has 0 spiro atoms. The van der Waals surface area contributed by atoms with E-state index in [0.29, 0.717) is 5.41 Å². The maximum Gasteiger partial charge on any atom is 0.00668 e. The maximum absolute atomic E-state index is 3.41. The van der Waals surface area contributed by atoms with Crippen LogP contribution in [0.4, 0.5) is 0 Å². The van der Waals surface area contributed by atoms with Gasteiger partial charge in [0.25, 0.3) is 0 Å². The second kappa shape index (κ2) is 6.44. The zero-order valence-electron chi connectivity index (χ0n) is 11.0. The monoisotopic (exact) mass is 199 g/mol. The van der Waals surface area contributed by atoms with E-state index in [-0.39, 0.29) is 0 Å². The molecule has 86 valence electrons. The van der Waals surface area contributed by atoms with Crippen LogP contribution in [0.15, 0.2) is 0 Å². The fourth-order valence-corrected chi connectivity index (χ4v) is 2.56. The third-order valence-corrected chi connectivity index (χ3v) is 3.17. The Hall–Kier alpha value is -0.0400. The maximum atomic E-state index is 3.41. The highest BCUT2D eigenvalue weighted by Gasteiger charge is 2.27. The average Bonchev–Trinajstić information content (AvgIpc) is 2.26. The normalized spacial score (nSPS) is 31.3. The Morgan fingerprint density at radius 3 is 2.29 bits per heavy atom. The molecule has 1 aliphatic rings. The first-order chi connectivity index (χ1) is 6.53. The van der Waals surface area contributed by atoms with Crippen molar-refractivity contribution in [1.29, 1.82) is 0 Å². The molecular weight excluding hydrogens is 170 g/mol. The van der Waals surface area contributed by atoms with E-state index < -0.39 is 0 Å². The Balaban J connectivity index is 0.000000791. The molecule has 0 aliphatic heterocycles. The molecule has 1 rings (SSSR count). The van der Waals surface area contributed by atoms with E-state index in [0.717, 1.165) is 12.0 Å². The van der Waals surface area contributed by atoms with E-state index in [1.54, 1.807) is 0 Å². The number of hydrogen-bond acceptors (Lipinski definition) is 1. The van der Waals surface area contributed by atoms with E-state index in [2.05, 4.69) is 33.1 Å². The SMILES string of the molecule is CC.CNC1CCC(C)(C)CC(C)C1. The minimum absolute atomic E-state index is 0.574. The van der Waals surface area contributed by atoms with E-state index in [9.17, 15) is 0 Å². The lowest BCUT2D eigenvalue weighted by molar-refractivity contribution is 0.277. The molecule has 1 nitrogen and oxygen atoms in total. The van der Waals surface area contributed by atoms with Crippen LogP contribution in [0.3, 0.4) is 0 Å². The van der Waals surface area contributed by atoms with Crippen LogP contribution in [0.25, 0.3) is 0 Å². The Labute approximate surface area is 90.7 Å². The summed E-state index contributed by atoms with van der Waals surface area (Å²) in [6.07, 6.45) is 5.49. The van der Waals surface area contributed by atoms with Crippen molar-refractivity contribution in [1.82, 2.24) is 5.32 Å². The largest absolute Gasteiger partial charge is 0.317 e. The van der Waals surface area contributed by atoms with Gasteiger partial charge in [0.1, 0.15) is 0 Å². The van der Waals surface area contributed by atoms with E-state index in [1.165, 1.54) is 25.7 Å². The van der Waals surface area contributed by atoms with Crippen molar-refractivity contribution >= 4 is 0 Å². The highest BCUT2D eigenvalue weighted by molar-refractivity contribution is 4.81. The molecule has 1 heteroatoms. The molecule has 0 aromatic rings. The molecule has 1 saturated carbocycles. The Kier molecular flexibility index (Phi) is 6.43. The van der Waals surface area contributed by atoms with Gasteiger partial charge < -0.3 is 5.32 Å². The van der Waals surface area contributed by atoms with Gasteiger partial charge in [-0.1, -0.05) is 34.6 Å². The van der Waals surface area contributed by atoms with Gasteiger partial charge in [-0.15, -0.1) is 0 Å². The third kappa shape index (κ3) is 4.99. The summed E-state index contributed by atoms with van der Waals surface area (Å²) < 4.78 is 0. The van der Waals surface area contributed by atoms with Gasteiger partial charge in [0.2, 0.25) is 0 Å². The average molecular weight is 199 g/mol. The summed E-state index contributed by atoms with van der Waals surface area (Å²) >= 11 is 0. The van der Waals surface area contributed by atoms with Crippen molar-refractivity contribution in [2.75, 3.05) is 7.05 Å². The second-order valence-electron chi connectivity index (χ2n) is 5.23. The molecule has 0 saturated heterocycles. The van der Waals surface area contributed by atoms with E-state index in [1.807, 2.05) is 13.8 Å². The van der Waals surface area contributed by atoms with Crippen LogP contribution in [0.2, 0.25) is 0 Å². The highest BCUT2D eigenvalue weighted by atomic mass is 14.9. The van der Waals surface area contributed by atoms with Gasteiger partial charge in [-0.3, -0.25) is 0 Å². The van der Waals surface area contributed by atoms with Crippen LogP contribution in [0, 0.1) is 11.3 Å². The van der Waals surface area contributed by atoms with Crippen LogP contribution in [-0.4, -0.2) is 13.1 Å². The topological polar surface area (TPSA) is 12.0 Å². The van der Waals surface area contributed by atoms with Gasteiger partial charge in [0.05, 0.1) is 0 Å². The molecule has 1 fully saturated rings. The highest BCUT2D eigenvalue weighted by Crippen LogP contribution is 2.36. The second-order valence-corrected chi connectivity index (χ2v) is 5.23. The lowest BCUT2D eigenvalue weighted by Gasteiger charge is -2.24. The lowest BCUT2D eigenvalue weighted by Crippen LogP contribution is -2.25. The standard InChI is InChI=1S/C11H23N.C2H6/c1-9-7-10(12-4)5-6-11(2,3)8-9;1-2/h9-10,12H,5-8H2,1-4H3;1-2H3. The van der Waals surface area contributed by atoms with Crippen molar-refractivity contribution in [3.8, 4) is 0 Å². The van der Waals surface area contributed by atoms with Crippen LogP contribution >= 0.6 is 0 Å². The molecule has 2 unspecified atom stereocenters. The summed E-state index contributed by atoms with van der Waals surface area (Å²) in [6.45, 7) is 11.2. The Bertz CT molecular complexity index is 140. The predicted molar refractivity (Wildman–Crippen MR) is 65.6 cm³/mol. The zero-order valence-corrected chi connectivity index (χ0v) is 11.0. The predicted octanol–water partition coefficient (Wildman–Crippen LogP) is 3.84. The first kappa shape index (κ1) is 14.0. The van der Waals surface area contributed by atoms with Gasteiger partial charge in [0, 0.05) is 6.04 Å². The first-order valence-corrected chi connectivity index (χ1v) is 6.21. The Morgan fingerprint density at radius 1 is 1.21 bits per heavy atom. The summed E-state index contributed by atoms with van der Waals surface area (Å²) in [5.74, 6) is 0.889. The molecule has 0 radical (unpaired) electrons. The molecule has 14 heavy (non-hydrogen) atoms. The van der Waals surface area contributed by atoms with Crippen LogP contribution in [0.1, 0.15) is 60.3 Å². The molecule has 1 aliphatic carbocycles.